The molecule has 1 aliphatic heterocycles. The van der Waals surface area contributed by atoms with E-state index in [4.69, 9.17) is 16.2 Å². The molecule has 1 atom stereocenters. The molecule has 6 nitrogen and oxygen atoms in total. The zero-order chi connectivity index (χ0) is 15.2. The van der Waals surface area contributed by atoms with Crippen LogP contribution in [0.3, 0.4) is 0 Å². The van der Waals surface area contributed by atoms with Crippen molar-refractivity contribution in [2.24, 2.45) is 11.5 Å². The monoisotopic (exact) mass is 291 g/mol. The lowest BCUT2D eigenvalue weighted by atomic mass is 10.1. The second-order valence-corrected chi connectivity index (χ2v) is 5.08. The average Bonchev–Trinajstić information content (AvgIpc) is 2.50. The number of nitrogens with zero attached hydrogens (tertiary/aromatic N) is 1. The quantitative estimate of drug-likeness (QED) is 0.757. The highest BCUT2D eigenvalue weighted by Gasteiger charge is 2.32. The van der Waals surface area contributed by atoms with E-state index in [1.54, 1.807) is 17.0 Å². The summed E-state index contributed by atoms with van der Waals surface area (Å²) in [5.74, 6) is -0.0673. The largest absolute Gasteiger partial charge is 0.477 e. The molecule has 0 aromatic heterocycles. The first kappa shape index (κ1) is 15.3. The molecule has 1 unspecified atom stereocenters. The van der Waals surface area contributed by atoms with Crippen molar-refractivity contribution >= 4 is 17.5 Å². The Morgan fingerprint density at radius 2 is 2.00 bits per heavy atom. The number of hydrogen-bond acceptors (Lipinski definition) is 4. The Bertz CT molecular complexity index is 519. The molecule has 0 radical (unpaired) electrons. The molecule has 0 saturated heterocycles. The van der Waals surface area contributed by atoms with Crippen LogP contribution in [0, 0.1) is 0 Å². The molecule has 1 aromatic rings. The molecule has 1 aromatic carbocycles. The predicted octanol–water partition coefficient (Wildman–Crippen LogP) is 0.785. The van der Waals surface area contributed by atoms with E-state index in [-0.39, 0.29) is 12.5 Å². The number of primary amides is 1. The van der Waals surface area contributed by atoms with Crippen LogP contribution < -0.4 is 21.1 Å². The summed E-state index contributed by atoms with van der Waals surface area (Å²) in [7, 11) is 0. The van der Waals surface area contributed by atoms with Crippen molar-refractivity contribution in [1.29, 1.82) is 0 Å². The van der Waals surface area contributed by atoms with Crippen molar-refractivity contribution < 1.29 is 14.3 Å². The van der Waals surface area contributed by atoms with Crippen LogP contribution >= 0.6 is 0 Å². The number of carbonyl (C=O) groups is 2. The summed E-state index contributed by atoms with van der Waals surface area (Å²) in [6, 6.07) is 7.18. The Labute approximate surface area is 124 Å². The minimum absolute atomic E-state index is 0.0194. The molecule has 0 bridgehead atoms. The van der Waals surface area contributed by atoms with Gasteiger partial charge in [0.25, 0.3) is 5.91 Å². The standard InChI is InChI=1S/C15H21N3O3/c16-9-5-1-2-8-14(19)18-10-13(15(17)20)21-12-7-4-3-6-11(12)18/h3-4,6-7,13H,1-2,5,8-10,16H2,(H2,17,20). The average molecular weight is 291 g/mol. The van der Waals surface area contributed by atoms with Crippen LogP contribution in [0.5, 0.6) is 5.75 Å². The van der Waals surface area contributed by atoms with Crippen LogP contribution in [0.2, 0.25) is 0 Å². The van der Waals surface area contributed by atoms with E-state index < -0.39 is 12.0 Å². The van der Waals surface area contributed by atoms with Gasteiger partial charge in [-0.3, -0.25) is 9.59 Å². The molecule has 2 rings (SSSR count). The molecule has 2 amide bonds. The normalized spacial score (nSPS) is 17.0. The van der Waals surface area contributed by atoms with Crippen molar-refractivity contribution in [3.63, 3.8) is 0 Å². The summed E-state index contributed by atoms with van der Waals surface area (Å²) < 4.78 is 5.53. The summed E-state index contributed by atoms with van der Waals surface area (Å²) in [6.07, 6.45) is 2.26. The molecular formula is C15H21N3O3. The molecule has 6 heteroatoms. The van der Waals surface area contributed by atoms with E-state index >= 15 is 0 Å². The van der Waals surface area contributed by atoms with Crippen molar-refractivity contribution in [2.75, 3.05) is 18.0 Å². The van der Waals surface area contributed by atoms with Crippen LogP contribution in [0.15, 0.2) is 24.3 Å². The number of ether oxygens (including phenoxy) is 1. The molecule has 21 heavy (non-hydrogen) atoms. The van der Waals surface area contributed by atoms with Crippen molar-refractivity contribution in [3.05, 3.63) is 24.3 Å². The number of amides is 2. The molecule has 0 spiro atoms. The van der Waals surface area contributed by atoms with E-state index in [0.717, 1.165) is 19.3 Å². The Hall–Kier alpha value is -2.08. The maximum Gasteiger partial charge on any atom is 0.260 e. The number of nitrogens with two attached hydrogens (primary N) is 2. The summed E-state index contributed by atoms with van der Waals surface area (Å²) in [5, 5.41) is 0. The number of anilines is 1. The minimum atomic E-state index is -0.798. The zero-order valence-corrected chi connectivity index (χ0v) is 12.0. The van der Waals surface area contributed by atoms with E-state index in [2.05, 4.69) is 0 Å². The lowest BCUT2D eigenvalue weighted by Crippen LogP contribution is -2.49. The molecule has 0 saturated carbocycles. The van der Waals surface area contributed by atoms with Gasteiger partial charge in [-0.2, -0.15) is 0 Å². The molecule has 1 heterocycles. The van der Waals surface area contributed by atoms with Crippen LogP contribution in [0.25, 0.3) is 0 Å². The van der Waals surface area contributed by atoms with Crippen LogP contribution in [-0.2, 0) is 9.59 Å². The van der Waals surface area contributed by atoms with Crippen LogP contribution in [0.1, 0.15) is 25.7 Å². The molecule has 0 fully saturated rings. The van der Waals surface area contributed by atoms with Gasteiger partial charge in [0.1, 0.15) is 5.75 Å². The second kappa shape index (κ2) is 7.08. The van der Waals surface area contributed by atoms with Crippen LogP contribution in [-0.4, -0.2) is 31.0 Å². The Balaban J connectivity index is 2.09. The number of para-hydroxylation sites is 2. The maximum absolute atomic E-state index is 12.4. The first-order chi connectivity index (χ1) is 10.1. The maximum atomic E-state index is 12.4. The first-order valence-electron chi connectivity index (χ1n) is 7.19. The van der Waals surface area contributed by atoms with Gasteiger partial charge in [-0.05, 0) is 31.5 Å². The fourth-order valence-electron chi connectivity index (χ4n) is 2.35. The SMILES string of the molecule is NCCCCCC(=O)N1CC(C(N)=O)Oc2ccccc21. The van der Waals surface area contributed by atoms with E-state index in [1.807, 2.05) is 12.1 Å². The Kier molecular flexibility index (Phi) is 5.16. The number of unbranched alkanes of at least 4 members (excludes halogenated alkanes) is 2. The van der Waals surface area contributed by atoms with Gasteiger partial charge >= 0.3 is 0 Å². The summed E-state index contributed by atoms with van der Waals surface area (Å²) in [5.41, 5.74) is 11.4. The fourth-order valence-corrected chi connectivity index (χ4v) is 2.35. The van der Waals surface area contributed by atoms with Crippen LogP contribution in [0.4, 0.5) is 5.69 Å². The van der Waals surface area contributed by atoms with E-state index in [1.165, 1.54) is 0 Å². The third kappa shape index (κ3) is 3.72. The molecule has 4 N–H and O–H groups in total. The third-order valence-corrected chi connectivity index (χ3v) is 3.49. The summed E-state index contributed by atoms with van der Waals surface area (Å²) in [6.45, 7) is 0.806. The first-order valence-corrected chi connectivity index (χ1v) is 7.19. The van der Waals surface area contributed by atoms with Gasteiger partial charge < -0.3 is 21.1 Å². The highest BCUT2D eigenvalue weighted by atomic mass is 16.5. The molecule has 0 aliphatic carbocycles. The lowest BCUT2D eigenvalue weighted by molar-refractivity contribution is -0.125. The van der Waals surface area contributed by atoms with Crippen molar-refractivity contribution in [1.82, 2.24) is 0 Å². The Morgan fingerprint density at radius 1 is 1.24 bits per heavy atom. The fraction of sp³-hybridized carbons (Fsp3) is 0.467. The van der Waals surface area contributed by atoms with Crippen molar-refractivity contribution in [3.8, 4) is 5.75 Å². The number of rotatable bonds is 6. The van der Waals surface area contributed by atoms with Gasteiger partial charge in [0.15, 0.2) is 6.10 Å². The highest BCUT2D eigenvalue weighted by molar-refractivity contribution is 5.97. The third-order valence-electron chi connectivity index (χ3n) is 3.49. The number of benzene rings is 1. The topological polar surface area (TPSA) is 98.7 Å². The molecular weight excluding hydrogens is 270 g/mol. The van der Waals surface area contributed by atoms with Gasteiger partial charge in [0, 0.05) is 6.42 Å². The van der Waals surface area contributed by atoms with Gasteiger partial charge in [-0.1, -0.05) is 18.6 Å². The predicted molar refractivity (Wildman–Crippen MR) is 79.9 cm³/mol. The summed E-state index contributed by atoms with van der Waals surface area (Å²) in [4.78, 5) is 25.3. The number of fused-ring (bicyclic) bond motifs is 1. The number of hydrogen-bond donors (Lipinski definition) is 2. The van der Waals surface area contributed by atoms with Gasteiger partial charge in [0.05, 0.1) is 12.2 Å². The van der Waals surface area contributed by atoms with Crippen molar-refractivity contribution in [2.45, 2.75) is 31.8 Å². The smallest absolute Gasteiger partial charge is 0.260 e. The second-order valence-electron chi connectivity index (χ2n) is 5.08. The molecule has 1 aliphatic rings. The molecule has 114 valence electrons. The number of carbonyl (C=O) groups excluding carboxylic acids is 2. The summed E-state index contributed by atoms with van der Waals surface area (Å²) >= 11 is 0. The lowest BCUT2D eigenvalue weighted by Gasteiger charge is -2.33. The Morgan fingerprint density at radius 3 is 2.71 bits per heavy atom. The van der Waals surface area contributed by atoms with Gasteiger partial charge in [-0.25, -0.2) is 0 Å². The van der Waals surface area contributed by atoms with E-state index in [9.17, 15) is 9.59 Å². The highest BCUT2D eigenvalue weighted by Crippen LogP contribution is 2.33. The van der Waals surface area contributed by atoms with E-state index in [0.29, 0.717) is 24.4 Å². The minimum Gasteiger partial charge on any atom is -0.477 e. The van der Waals surface area contributed by atoms with Gasteiger partial charge in [0.2, 0.25) is 5.91 Å². The van der Waals surface area contributed by atoms with Gasteiger partial charge in [-0.15, -0.1) is 0 Å². The zero-order valence-electron chi connectivity index (χ0n) is 12.0.